The zero-order valence-corrected chi connectivity index (χ0v) is 19.2. The summed E-state index contributed by atoms with van der Waals surface area (Å²) in [6.45, 7) is 1.92. The van der Waals surface area contributed by atoms with E-state index in [1.54, 1.807) is 19.1 Å². The van der Waals surface area contributed by atoms with Crippen molar-refractivity contribution < 1.29 is 32.9 Å². The Morgan fingerprint density at radius 2 is 1.72 bits per heavy atom. The molecule has 1 saturated carbocycles. The molecule has 1 aromatic heterocycles. The van der Waals surface area contributed by atoms with E-state index in [1.807, 2.05) is 0 Å². The third-order valence-corrected chi connectivity index (χ3v) is 5.85. The number of nitrogens with zero attached hydrogens (tertiary/aromatic N) is 3. The van der Waals surface area contributed by atoms with Gasteiger partial charge in [-0.25, -0.2) is 14.2 Å². The van der Waals surface area contributed by atoms with Crippen LogP contribution in [0, 0.1) is 33.0 Å². The summed E-state index contributed by atoms with van der Waals surface area (Å²) in [5, 5.41) is 22.2. The van der Waals surface area contributed by atoms with Crippen molar-refractivity contribution in [3.8, 4) is 11.5 Å². The fourth-order valence-corrected chi connectivity index (χ4v) is 3.98. The number of halogens is 1. The molecule has 2 atom stereocenters. The molecule has 1 aliphatic rings. The van der Waals surface area contributed by atoms with E-state index in [2.05, 4.69) is 4.98 Å². The van der Waals surface area contributed by atoms with Crippen LogP contribution in [0.15, 0.2) is 46.9 Å². The van der Waals surface area contributed by atoms with Crippen molar-refractivity contribution in [2.75, 3.05) is 0 Å². The van der Waals surface area contributed by atoms with Gasteiger partial charge in [-0.15, -0.1) is 0 Å². The highest BCUT2D eigenvalue weighted by Crippen LogP contribution is 2.28. The number of carbonyl (C=O) groups is 1. The van der Waals surface area contributed by atoms with Crippen molar-refractivity contribution >= 4 is 17.3 Å². The Hall–Kier alpha value is -4.19. The lowest BCUT2D eigenvalue weighted by Gasteiger charge is -2.28. The van der Waals surface area contributed by atoms with Crippen LogP contribution in [0.2, 0.25) is 0 Å². The van der Waals surface area contributed by atoms with Crippen LogP contribution in [0.3, 0.4) is 0 Å². The molecule has 1 aliphatic carbocycles. The number of nitro benzene ring substituents is 2. The molecule has 0 N–H and O–H groups in total. The van der Waals surface area contributed by atoms with Crippen molar-refractivity contribution in [3.05, 3.63) is 85.5 Å². The summed E-state index contributed by atoms with van der Waals surface area (Å²) in [7, 11) is 0. The van der Waals surface area contributed by atoms with Gasteiger partial charge in [-0.1, -0.05) is 0 Å². The number of ether oxygens (including phenoxy) is 2. The molecule has 11 nitrogen and oxygen atoms in total. The number of hydrogen-bond acceptors (Lipinski definition) is 9. The summed E-state index contributed by atoms with van der Waals surface area (Å²) in [6.07, 6.45) is 1.67. The summed E-state index contributed by atoms with van der Waals surface area (Å²) in [6, 6.07) is 8.48. The Bertz CT molecular complexity index is 1260. The predicted molar refractivity (Wildman–Crippen MR) is 123 cm³/mol. The molecule has 0 amide bonds. The number of rotatable bonds is 8. The van der Waals surface area contributed by atoms with Gasteiger partial charge >= 0.3 is 5.97 Å². The molecule has 1 fully saturated rings. The normalized spacial score (nSPS) is 17.5. The third-order valence-electron chi connectivity index (χ3n) is 5.85. The minimum Gasteiger partial charge on any atom is -0.459 e. The highest BCUT2D eigenvalue weighted by Gasteiger charge is 2.28. The van der Waals surface area contributed by atoms with Crippen molar-refractivity contribution in [1.82, 2.24) is 4.98 Å². The van der Waals surface area contributed by atoms with Crippen LogP contribution in [0.1, 0.15) is 47.5 Å². The molecule has 36 heavy (non-hydrogen) atoms. The van der Waals surface area contributed by atoms with Gasteiger partial charge in [-0.3, -0.25) is 20.2 Å². The Kier molecular flexibility index (Phi) is 7.34. The molecule has 1 heterocycles. The maximum atomic E-state index is 13.2. The number of hydrogen-bond donors (Lipinski definition) is 0. The van der Waals surface area contributed by atoms with E-state index in [0.29, 0.717) is 35.7 Å². The molecule has 4 rings (SSSR count). The van der Waals surface area contributed by atoms with Crippen molar-refractivity contribution in [2.45, 2.75) is 51.4 Å². The first-order chi connectivity index (χ1) is 17.2. The Balaban J connectivity index is 1.37. The first kappa shape index (κ1) is 24.9. The van der Waals surface area contributed by atoms with E-state index in [9.17, 15) is 29.4 Å². The summed E-state index contributed by atoms with van der Waals surface area (Å²) in [4.78, 5) is 37.6. The Labute approximate surface area is 204 Å². The lowest BCUT2D eigenvalue weighted by atomic mass is 9.94. The SMILES string of the molecule is Cc1oc(-c2ccc(F)cc2)nc1CO[C@@H]1CCC[C@H](OC(=O)c2cc([N+](=O)[O-])cc([N+](=O)[O-])c2)C1. The van der Waals surface area contributed by atoms with E-state index in [1.165, 1.54) is 12.1 Å². The largest absolute Gasteiger partial charge is 0.459 e. The first-order valence-corrected chi connectivity index (χ1v) is 11.2. The van der Waals surface area contributed by atoms with Gasteiger partial charge in [0.2, 0.25) is 5.89 Å². The van der Waals surface area contributed by atoms with E-state index < -0.39 is 33.3 Å². The molecule has 0 saturated heterocycles. The van der Waals surface area contributed by atoms with E-state index in [4.69, 9.17) is 13.9 Å². The molecule has 0 bridgehead atoms. The Morgan fingerprint density at radius 1 is 1.08 bits per heavy atom. The van der Waals surface area contributed by atoms with Crippen molar-refractivity contribution in [3.63, 3.8) is 0 Å². The number of non-ortho nitro benzene ring substituents is 2. The van der Waals surface area contributed by atoms with Gasteiger partial charge in [0, 0.05) is 24.1 Å². The molecule has 0 radical (unpaired) electrons. The molecule has 0 unspecified atom stereocenters. The zero-order chi connectivity index (χ0) is 25.8. The third kappa shape index (κ3) is 5.89. The molecule has 188 valence electrons. The lowest BCUT2D eigenvalue weighted by Crippen LogP contribution is -2.30. The van der Waals surface area contributed by atoms with Gasteiger partial charge in [0.25, 0.3) is 11.4 Å². The van der Waals surface area contributed by atoms with Crippen molar-refractivity contribution in [1.29, 1.82) is 0 Å². The lowest BCUT2D eigenvalue weighted by molar-refractivity contribution is -0.394. The average molecular weight is 499 g/mol. The number of aryl methyl sites for hydroxylation is 1. The van der Waals surface area contributed by atoms with Gasteiger partial charge in [0.05, 0.1) is 34.2 Å². The number of carbonyl (C=O) groups excluding carboxylic acids is 1. The van der Waals surface area contributed by atoms with E-state index in [0.717, 1.165) is 31.0 Å². The van der Waals surface area contributed by atoms with Gasteiger partial charge in [0.15, 0.2) is 0 Å². The van der Waals surface area contributed by atoms with Crippen LogP contribution in [0.4, 0.5) is 15.8 Å². The second kappa shape index (κ2) is 10.6. The molecule has 3 aromatic rings. The standard InChI is InChI=1S/C24H22FN3O8/c1-14-22(26-23(35-14)15-5-7-17(25)8-6-15)13-34-20-3-2-4-21(12-20)36-24(29)16-9-18(27(30)31)11-19(10-16)28(32)33/h5-11,20-21H,2-4,12-13H2,1H3/t20-,21+/m1/s1. The summed E-state index contributed by atoms with van der Waals surface area (Å²) in [5.41, 5.74) is -0.160. The van der Waals surface area contributed by atoms with E-state index >= 15 is 0 Å². The monoisotopic (exact) mass is 499 g/mol. The van der Waals surface area contributed by atoms with Crippen LogP contribution in [0.25, 0.3) is 11.5 Å². The van der Waals surface area contributed by atoms with Crippen LogP contribution in [-0.2, 0) is 16.1 Å². The van der Waals surface area contributed by atoms with Gasteiger partial charge in [-0.2, -0.15) is 0 Å². The average Bonchev–Trinajstić information content (AvgIpc) is 3.23. The summed E-state index contributed by atoms with van der Waals surface area (Å²) >= 11 is 0. The van der Waals surface area contributed by atoms with Crippen LogP contribution in [0.5, 0.6) is 0 Å². The van der Waals surface area contributed by atoms with Gasteiger partial charge in [0.1, 0.15) is 23.4 Å². The number of nitro groups is 2. The molecular weight excluding hydrogens is 477 g/mol. The summed E-state index contributed by atoms with van der Waals surface area (Å²) in [5.74, 6) is -0.307. The zero-order valence-electron chi connectivity index (χ0n) is 19.2. The minimum atomic E-state index is -0.872. The number of esters is 1. The fraction of sp³-hybridized carbons (Fsp3) is 0.333. The highest BCUT2D eigenvalue weighted by molar-refractivity contribution is 5.91. The molecule has 12 heteroatoms. The maximum Gasteiger partial charge on any atom is 0.338 e. The first-order valence-electron chi connectivity index (χ1n) is 11.2. The van der Waals surface area contributed by atoms with Gasteiger partial charge in [-0.05, 0) is 50.5 Å². The highest BCUT2D eigenvalue weighted by atomic mass is 19.1. The number of benzene rings is 2. The molecule has 2 aromatic carbocycles. The second-order valence-corrected chi connectivity index (χ2v) is 8.41. The predicted octanol–water partition coefficient (Wildman–Crippen LogP) is 5.29. The second-order valence-electron chi connectivity index (χ2n) is 8.41. The topological polar surface area (TPSA) is 148 Å². The van der Waals surface area contributed by atoms with Gasteiger partial charge < -0.3 is 13.9 Å². The molecule has 0 spiro atoms. The minimum absolute atomic E-state index is 0.166. The summed E-state index contributed by atoms with van der Waals surface area (Å²) < 4.78 is 30.3. The number of oxazole rings is 1. The number of aromatic nitrogens is 1. The Morgan fingerprint density at radius 3 is 2.36 bits per heavy atom. The van der Waals surface area contributed by atoms with E-state index in [-0.39, 0.29) is 24.1 Å². The maximum absolute atomic E-state index is 13.2. The van der Waals surface area contributed by atoms with Crippen LogP contribution < -0.4 is 0 Å². The van der Waals surface area contributed by atoms with Crippen LogP contribution in [-0.4, -0.2) is 33.0 Å². The quantitative estimate of drug-likeness (QED) is 0.229. The fourth-order valence-electron chi connectivity index (χ4n) is 3.98. The van der Waals surface area contributed by atoms with Crippen LogP contribution >= 0.6 is 0 Å². The smallest absolute Gasteiger partial charge is 0.338 e. The van der Waals surface area contributed by atoms with Crippen molar-refractivity contribution in [2.24, 2.45) is 0 Å². The molecular formula is C24H22FN3O8. The molecule has 0 aliphatic heterocycles.